The minimum atomic E-state index is -0.715. The monoisotopic (exact) mass is 317 g/mol. The van der Waals surface area contributed by atoms with Crippen LogP contribution in [0.2, 0.25) is 0 Å². The van der Waals surface area contributed by atoms with Gasteiger partial charge in [0.05, 0.1) is 6.61 Å². The maximum Gasteiger partial charge on any atom is 0.326 e. The highest BCUT2D eigenvalue weighted by atomic mass is 32.2. The van der Waals surface area contributed by atoms with E-state index in [2.05, 4.69) is 14.7 Å². The van der Waals surface area contributed by atoms with Crippen molar-refractivity contribution in [2.75, 3.05) is 12.4 Å². The Kier molecular flexibility index (Phi) is 6.91. The maximum atomic E-state index is 12.2. The van der Waals surface area contributed by atoms with Crippen molar-refractivity contribution < 1.29 is 9.53 Å². The molecule has 0 saturated heterocycles. The molecule has 1 unspecified atom stereocenters. The predicted molar refractivity (Wildman–Crippen MR) is 83.3 cm³/mol. The van der Waals surface area contributed by atoms with Gasteiger partial charge in [-0.2, -0.15) is 4.37 Å². The van der Waals surface area contributed by atoms with Gasteiger partial charge in [-0.25, -0.2) is 4.98 Å². The number of hydrogen-bond donors (Lipinski definition) is 1. The standard InChI is InChI=1S/C13H23N3O2S2/c1-6-10-14-12(20-16-10)19-8-13(5,15-9(3)4)11(17)18-7-2/h9,15H,6-8H2,1-5H3. The Morgan fingerprint density at radius 1 is 1.50 bits per heavy atom. The van der Waals surface area contributed by atoms with Crippen LogP contribution in [0.3, 0.4) is 0 Å². The average molecular weight is 317 g/mol. The molecule has 114 valence electrons. The first-order chi connectivity index (χ1) is 9.41. The zero-order valence-electron chi connectivity index (χ0n) is 12.7. The van der Waals surface area contributed by atoms with E-state index in [1.165, 1.54) is 11.5 Å². The van der Waals surface area contributed by atoms with Gasteiger partial charge in [-0.1, -0.05) is 18.7 Å². The number of carbonyl (C=O) groups excluding carboxylic acids is 1. The third-order valence-electron chi connectivity index (χ3n) is 2.58. The summed E-state index contributed by atoms with van der Waals surface area (Å²) in [4.78, 5) is 16.6. The molecule has 1 atom stereocenters. The van der Waals surface area contributed by atoms with Crippen LogP contribution in [0, 0.1) is 0 Å². The summed E-state index contributed by atoms with van der Waals surface area (Å²) in [5.41, 5.74) is -0.715. The van der Waals surface area contributed by atoms with Gasteiger partial charge in [-0.05, 0) is 39.2 Å². The molecule has 0 radical (unpaired) electrons. The van der Waals surface area contributed by atoms with Crippen LogP contribution >= 0.6 is 23.3 Å². The SMILES string of the molecule is CCOC(=O)C(C)(CSc1nc(CC)ns1)NC(C)C. The summed E-state index contributed by atoms with van der Waals surface area (Å²) >= 11 is 2.92. The van der Waals surface area contributed by atoms with Crippen molar-refractivity contribution >= 4 is 29.3 Å². The third-order valence-corrected chi connectivity index (χ3v) is 4.77. The first kappa shape index (κ1) is 17.4. The van der Waals surface area contributed by atoms with Crippen molar-refractivity contribution in [3.63, 3.8) is 0 Å². The zero-order valence-corrected chi connectivity index (χ0v) is 14.4. The molecule has 0 saturated carbocycles. The number of carbonyl (C=O) groups is 1. The molecular weight excluding hydrogens is 294 g/mol. The molecule has 1 aromatic rings. The van der Waals surface area contributed by atoms with Crippen molar-refractivity contribution in [1.29, 1.82) is 0 Å². The van der Waals surface area contributed by atoms with Gasteiger partial charge in [-0.3, -0.25) is 10.1 Å². The van der Waals surface area contributed by atoms with Crippen molar-refractivity contribution in [2.45, 2.75) is 57.0 Å². The minimum Gasteiger partial charge on any atom is -0.465 e. The molecule has 0 aliphatic heterocycles. The summed E-state index contributed by atoms with van der Waals surface area (Å²) in [6.07, 6.45) is 0.830. The number of nitrogens with one attached hydrogen (secondary N) is 1. The number of esters is 1. The maximum absolute atomic E-state index is 12.2. The van der Waals surface area contributed by atoms with Crippen LogP contribution in [0.15, 0.2) is 4.34 Å². The fourth-order valence-electron chi connectivity index (χ4n) is 1.73. The van der Waals surface area contributed by atoms with Crippen molar-refractivity contribution in [3.8, 4) is 0 Å². The molecule has 0 aliphatic rings. The molecule has 0 spiro atoms. The number of thioether (sulfide) groups is 1. The number of hydrogen-bond acceptors (Lipinski definition) is 7. The van der Waals surface area contributed by atoms with Gasteiger partial charge < -0.3 is 4.74 Å². The number of aryl methyl sites for hydroxylation is 1. The normalized spacial score (nSPS) is 14.3. The Morgan fingerprint density at radius 3 is 2.70 bits per heavy atom. The molecule has 7 heteroatoms. The Hall–Kier alpha value is -0.660. The van der Waals surface area contributed by atoms with E-state index in [-0.39, 0.29) is 12.0 Å². The van der Waals surface area contributed by atoms with Gasteiger partial charge in [0.2, 0.25) is 0 Å². The van der Waals surface area contributed by atoms with Crippen LogP contribution < -0.4 is 5.32 Å². The molecule has 0 fully saturated rings. The second-order valence-electron chi connectivity index (χ2n) is 4.97. The quantitative estimate of drug-likeness (QED) is 0.587. The summed E-state index contributed by atoms with van der Waals surface area (Å²) in [5, 5.41) is 3.29. The van der Waals surface area contributed by atoms with Gasteiger partial charge in [0.15, 0.2) is 4.34 Å². The van der Waals surface area contributed by atoms with Gasteiger partial charge in [-0.15, -0.1) is 0 Å². The summed E-state index contributed by atoms with van der Waals surface area (Å²) in [6, 6.07) is 0.200. The highest BCUT2D eigenvalue weighted by Gasteiger charge is 2.35. The van der Waals surface area contributed by atoms with E-state index >= 15 is 0 Å². The largest absolute Gasteiger partial charge is 0.465 e. The van der Waals surface area contributed by atoms with Crippen LogP contribution in [0.1, 0.15) is 40.4 Å². The van der Waals surface area contributed by atoms with E-state index < -0.39 is 5.54 Å². The molecule has 1 N–H and O–H groups in total. The summed E-state index contributed by atoms with van der Waals surface area (Å²) in [6.45, 7) is 10.1. The lowest BCUT2D eigenvalue weighted by Gasteiger charge is -2.29. The lowest BCUT2D eigenvalue weighted by atomic mass is 10.0. The van der Waals surface area contributed by atoms with Gasteiger partial charge in [0.1, 0.15) is 11.4 Å². The van der Waals surface area contributed by atoms with Crippen molar-refractivity contribution in [1.82, 2.24) is 14.7 Å². The van der Waals surface area contributed by atoms with Crippen molar-refractivity contribution in [2.24, 2.45) is 0 Å². The number of ether oxygens (including phenoxy) is 1. The molecule has 20 heavy (non-hydrogen) atoms. The molecule has 1 heterocycles. The van der Waals surface area contributed by atoms with Crippen molar-refractivity contribution in [3.05, 3.63) is 5.82 Å². The Morgan fingerprint density at radius 2 is 2.20 bits per heavy atom. The molecule has 1 aromatic heterocycles. The number of aromatic nitrogens is 2. The number of rotatable bonds is 8. The smallest absolute Gasteiger partial charge is 0.326 e. The summed E-state index contributed by atoms with van der Waals surface area (Å²) in [7, 11) is 0. The highest BCUT2D eigenvalue weighted by Crippen LogP contribution is 2.25. The van der Waals surface area contributed by atoms with Gasteiger partial charge >= 0.3 is 5.97 Å². The second-order valence-corrected chi connectivity index (χ2v) is 6.94. The highest BCUT2D eigenvalue weighted by molar-refractivity contribution is 8.01. The average Bonchev–Trinajstić information content (AvgIpc) is 2.84. The molecular formula is C13H23N3O2S2. The van der Waals surface area contributed by atoms with E-state index in [0.717, 1.165) is 16.6 Å². The number of nitrogens with zero attached hydrogens (tertiary/aromatic N) is 2. The van der Waals surface area contributed by atoms with E-state index in [0.29, 0.717) is 12.4 Å². The fraction of sp³-hybridized carbons (Fsp3) is 0.769. The van der Waals surface area contributed by atoms with Gasteiger partial charge in [0.25, 0.3) is 0 Å². The van der Waals surface area contributed by atoms with Crippen LogP contribution in [-0.4, -0.2) is 39.3 Å². The van der Waals surface area contributed by atoms with E-state index in [1.807, 2.05) is 34.6 Å². The van der Waals surface area contributed by atoms with Crippen LogP contribution in [0.4, 0.5) is 0 Å². The summed E-state index contributed by atoms with van der Waals surface area (Å²) < 4.78 is 10.3. The lowest BCUT2D eigenvalue weighted by Crippen LogP contribution is -2.55. The topological polar surface area (TPSA) is 64.1 Å². The Balaban J connectivity index is 2.71. The molecule has 1 rings (SSSR count). The Bertz CT molecular complexity index is 437. The Labute approximate surface area is 129 Å². The van der Waals surface area contributed by atoms with E-state index in [9.17, 15) is 4.79 Å². The molecule has 0 amide bonds. The molecule has 0 bridgehead atoms. The minimum absolute atomic E-state index is 0.200. The molecule has 0 aliphatic carbocycles. The fourth-order valence-corrected chi connectivity index (χ4v) is 3.52. The van der Waals surface area contributed by atoms with Gasteiger partial charge in [0, 0.05) is 18.2 Å². The van der Waals surface area contributed by atoms with E-state index in [4.69, 9.17) is 4.74 Å². The predicted octanol–water partition coefficient (Wildman–Crippen LogP) is 2.51. The van der Waals surface area contributed by atoms with E-state index in [1.54, 1.807) is 11.8 Å². The second kappa shape index (κ2) is 7.95. The van der Waals surface area contributed by atoms with Crippen LogP contribution in [-0.2, 0) is 16.0 Å². The lowest BCUT2D eigenvalue weighted by molar-refractivity contribution is -0.149. The first-order valence-corrected chi connectivity index (χ1v) is 8.57. The van der Waals surface area contributed by atoms with Crippen LogP contribution in [0.5, 0.6) is 0 Å². The molecule has 5 nitrogen and oxygen atoms in total. The zero-order chi connectivity index (χ0) is 15.2. The summed E-state index contributed by atoms with van der Waals surface area (Å²) in [5.74, 6) is 1.20. The first-order valence-electron chi connectivity index (χ1n) is 6.81. The van der Waals surface area contributed by atoms with Crippen LogP contribution in [0.25, 0.3) is 0 Å². The molecule has 0 aromatic carbocycles. The third kappa shape index (κ3) is 5.03.